The van der Waals surface area contributed by atoms with Gasteiger partial charge in [0.05, 0.1) is 0 Å². The molecule has 1 rings (SSSR count). The summed E-state index contributed by atoms with van der Waals surface area (Å²) in [4.78, 5) is 20.7. The zero-order valence-corrected chi connectivity index (χ0v) is 11.1. The molecule has 0 spiro atoms. The van der Waals surface area contributed by atoms with Crippen molar-refractivity contribution < 1.29 is 9.90 Å². The Morgan fingerprint density at radius 2 is 2.22 bits per heavy atom. The van der Waals surface area contributed by atoms with Crippen molar-refractivity contribution in [1.82, 2.24) is 9.97 Å². The number of carbonyl (C=O) groups is 1. The van der Waals surface area contributed by atoms with E-state index in [0.717, 1.165) is 11.6 Å². The van der Waals surface area contributed by atoms with Crippen LogP contribution in [0.15, 0.2) is 12.4 Å². The highest BCUT2D eigenvalue weighted by Gasteiger charge is 2.06. The predicted molar refractivity (Wildman–Crippen MR) is 70.9 cm³/mol. The molecule has 6 heteroatoms. The molecule has 0 bridgehead atoms. The minimum absolute atomic E-state index is 0.173. The van der Waals surface area contributed by atoms with Crippen LogP contribution in [0.5, 0.6) is 0 Å². The van der Waals surface area contributed by atoms with E-state index in [1.54, 1.807) is 0 Å². The molecule has 6 nitrogen and oxygen atoms in total. The number of anilines is 2. The molecule has 0 saturated heterocycles. The highest BCUT2D eigenvalue weighted by atomic mass is 16.4. The summed E-state index contributed by atoms with van der Waals surface area (Å²) in [6.45, 7) is 4.74. The van der Waals surface area contributed by atoms with Crippen LogP contribution in [-0.2, 0) is 4.79 Å². The number of rotatable bonds is 7. The fraction of sp³-hybridized carbons (Fsp3) is 0.583. The van der Waals surface area contributed by atoms with Gasteiger partial charge in [0.1, 0.15) is 18.0 Å². The van der Waals surface area contributed by atoms with E-state index >= 15 is 0 Å². The maximum absolute atomic E-state index is 10.4. The van der Waals surface area contributed by atoms with E-state index < -0.39 is 5.97 Å². The maximum Gasteiger partial charge on any atom is 0.303 e. The van der Waals surface area contributed by atoms with E-state index in [2.05, 4.69) is 15.3 Å². The van der Waals surface area contributed by atoms with Crippen molar-refractivity contribution in [3.05, 3.63) is 12.4 Å². The van der Waals surface area contributed by atoms with Crippen LogP contribution < -0.4 is 10.2 Å². The van der Waals surface area contributed by atoms with Crippen molar-refractivity contribution in [2.75, 3.05) is 23.8 Å². The van der Waals surface area contributed by atoms with Crippen molar-refractivity contribution in [2.24, 2.45) is 0 Å². The highest BCUT2D eigenvalue weighted by Crippen LogP contribution is 2.13. The molecule has 1 aromatic rings. The lowest BCUT2D eigenvalue weighted by Gasteiger charge is -2.18. The molecule has 2 N–H and O–H groups in total. The number of aromatic nitrogens is 2. The summed E-state index contributed by atoms with van der Waals surface area (Å²) in [7, 11) is 1.89. The average molecular weight is 252 g/mol. The third-order valence-electron chi connectivity index (χ3n) is 2.36. The zero-order valence-electron chi connectivity index (χ0n) is 11.1. The third-order valence-corrected chi connectivity index (χ3v) is 2.36. The molecule has 1 heterocycles. The highest BCUT2D eigenvalue weighted by molar-refractivity contribution is 5.66. The Balaban J connectivity index is 2.56. The Kier molecular flexibility index (Phi) is 5.35. The first-order chi connectivity index (χ1) is 8.49. The largest absolute Gasteiger partial charge is 0.481 e. The summed E-state index contributed by atoms with van der Waals surface area (Å²) in [5.74, 6) is 0.798. The number of hydrogen-bond donors (Lipinski definition) is 2. The maximum atomic E-state index is 10.4. The molecule has 0 aliphatic carbocycles. The molecular weight excluding hydrogens is 232 g/mol. The summed E-state index contributed by atoms with van der Waals surface area (Å²) >= 11 is 0. The summed E-state index contributed by atoms with van der Waals surface area (Å²) in [6, 6.07) is 2.17. The first kappa shape index (κ1) is 14.2. The Morgan fingerprint density at radius 1 is 1.50 bits per heavy atom. The first-order valence-corrected chi connectivity index (χ1v) is 6.00. The second kappa shape index (κ2) is 6.78. The molecule has 1 aromatic heterocycles. The van der Waals surface area contributed by atoms with Gasteiger partial charge in [0.2, 0.25) is 0 Å². The van der Waals surface area contributed by atoms with Gasteiger partial charge in [0, 0.05) is 32.1 Å². The van der Waals surface area contributed by atoms with Gasteiger partial charge in [-0.05, 0) is 20.3 Å². The molecule has 0 fully saturated rings. The number of nitrogens with zero attached hydrogens (tertiary/aromatic N) is 3. The standard InChI is InChI=1S/C12H20N4O2/c1-9(2)15-10-7-11(14-8-13-10)16(3)6-4-5-12(17)18/h7-9H,4-6H2,1-3H3,(H,17,18)(H,13,14,15). The Morgan fingerprint density at radius 3 is 2.83 bits per heavy atom. The second-order valence-corrected chi connectivity index (χ2v) is 4.48. The van der Waals surface area contributed by atoms with Gasteiger partial charge in [-0.1, -0.05) is 0 Å². The molecule has 0 aromatic carbocycles. The minimum atomic E-state index is -0.770. The van der Waals surface area contributed by atoms with E-state index in [1.165, 1.54) is 6.33 Å². The first-order valence-electron chi connectivity index (χ1n) is 6.00. The summed E-state index contributed by atoms with van der Waals surface area (Å²) < 4.78 is 0. The molecule has 0 unspecified atom stereocenters. The van der Waals surface area contributed by atoms with Crippen molar-refractivity contribution in [3.8, 4) is 0 Å². The van der Waals surface area contributed by atoms with Crippen LogP contribution in [0.25, 0.3) is 0 Å². The van der Waals surface area contributed by atoms with Gasteiger partial charge < -0.3 is 15.3 Å². The summed E-state index contributed by atoms with van der Waals surface area (Å²) in [5, 5.41) is 11.8. The second-order valence-electron chi connectivity index (χ2n) is 4.48. The van der Waals surface area contributed by atoms with Crippen LogP contribution in [-0.4, -0.2) is 40.7 Å². The Hall–Kier alpha value is -1.85. The van der Waals surface area contributed by atoms with Gasteiger partial charge in [-0.3, -0.25) is 4.79 Å². The topological polar surface area (TPSA) is 78.4 Å². The molecule has 100 valence electrons. The Labute approximate surface area is 107 Å². The number of nitrogens with one attached hydrogen (secondary N) is 1. The molecule has 0 radical (unpaired) electrons. The minimum Gasteiger partial charge on any atom is -0.481 e. The van der Waals surface area contributed by atoms with Gasteiger partial charge in [-0.2, -0.15) is 0 Å². The van der Waals surface area contributed by atoms with Gasteiger partial charge >= 0.3 is 5.97 Å². The lowest BCUT2D eigenvalue weighted by Crippen LogP contribution is -2.21. The smallest absolute Gasteiger partial charge is 0.303 e. The quantitative estimate of drug-likeness (QED) is 0.767. The van der Waals surface area contributed by atoms with Crippen LogP contribution in [0.4, 0.5) is 11.6 Å². The van der Waals surface area contributed by atoms with Gasteiger partial charge in [0.15, 0.2) is 0 Å². The van der Waals surface area contributed by atoms with Crippen LogP contribution in [0, 0.1) is 0 Å². The van der Waals surface area contributed by atoms with Crippen LogP contribution >= 0.6 is 0 Å². The number of hydrogen-bond acceptors (Lipinski definition) is 5. The SMILES string of the molecule is CC(C)Nc1cc(N(C)CCCC(=O)O)ncn1. The zero-order chi connectivity index (χ0) is 13.5. The van der Waals surface area contributed by atoms with Crippen molar-refractivity contribution in [1.29, 1.82) is 0 Å². The van der Waals surface area contributed by atoms with Gasteiger partial charge in [0.25, 0.3) is 0 Å². The summed E-state index contributed by atoms with van der Waals surface area (Å²) in [6.07, 6.45) is 2.28. The van der Waals surface area contributed by atoms with E-state index in [1.807, 2.05) is 31.9 Å². The molecule has 18 heavy (non-hydrogen) atoms. The van der Waals surface area contributed by atoms with Gasteiger partial charge in [-0.15, -0.1) is 0 Å². The molecule has 0 aliphatic rings. The van der Waals surface area contributed by atoms with Crippen LogP contribution in [0.3, 0.4) is 0 Å². The van der Waals surface area contributed by atoms with Crippen molar-refractivity contribution in [3.63, 3.8) is 0 Å². The number of aliphatic carboxylic acids is 1. The van der Waals surface area contributed by atoms with E-state index in [0.29, 0.717) is 19.0 Å². The van der Waals surface area contributed by atoms with E-state index in [4.69, 9.17) is 5.11 Å². The predicted octanol–water partition coefficient (Wildman–Crippen LogP) is 1.60. The average Bonchev–Trinajstić information content (AvgIpc) is 2.27. The number of carboxylic acid groups (broad SMARTS) is 1. The van der Waals surface area contributed by atoms with Crippen molar-refractivity contribution in [2.45, 2.75) is 32.7 Å². The van der Waals surface area contributed by atoms with E-state index in [9.17, 15) is 4.79 Å². The van der Waals surface area contributed by atoms with Crippen molar-refractivity contribution >= 4 is 17.6 Å². The lowest BCUT2D eigenvalue weighted by atomic mass is 10.3. The molecule has 0 atom stereocenters. The third kappa shape index (κ3) is 4.99. The normalized spacial score (nSPS) is 10.4. The molecule has 0 saturated carbocycles. The molecule has 0 amide bonds. The van der Waals surface area contributed by atoms with Crippen LogP contribution in [0.1, 0.15) is 26.7 Å². The monoisotopic (exact) mass is 252 g/mol. The molecule has 0 aliphatic heterocycles. The van der Waals surface area contributed by atoms with Crippen LogP contribution in [0.2, 0.25) is 0 Å². The molecular formula is C12H20N4O2. The fourth-order valence-corrected chi connectivity index (χ4v) is 1.51. The van der Waals surface area contributed by atoms with Gasteiger partial charge in [-0.25, -0.2) is 9.97 Å². The fourth-order valence-electron chi connectivity index (χ4n) is 1.51. The summed E-state index contributed by atoms with van der Waals surface area (Å²) in [5.41, 5.74) is 0. The van der Waals surface area contributed by atoms with E-state index in [-0.39, 0.29) is 6.42 Å². The number of carboxylic acids is 1. The Bertz CT molecular complexity index is 395. The lowest BCUT2D eigenvalue weighted by molar-refractivity contribution is -0.137.